The topological polar surface area (TPSA) is 88.3 Å². The molecule has 2 N–H and O–H groups in total. The van der Waals surface area contributed by atoms with Crippen molar-refractivity contribution in [2.24, 2.45) is 4.99 Å². The first kappa shape index (κ1) is 25.6. The Morgan fingerprint density at radius 3 is 2.77 bits per heavy atom. The maximum Gasteiger partial charge on any atom is 0.341 e. The number of ether oxygens (including phenoxy) is 2. The highest BCUT2D eigenvalue weighted by molar-refractivity contribution is 14.0. The first-order chi connectivity index (χ1) is 14.6. The lowest BCUT2D eigenvalue weighted by atomic mass is 10.2. The van der Waals surface area contributed by atoms with Gasteiger partial charge in [0.2, 0.25) is 0 Å². The fourth-order valence-corrected chi connectivity index (χ4v) is 4.27. The van der Waals surface area contributed by atoms with Gasteiger partial charge in [0, 0.05) is 31.1 Å². The maximum atomic E-state index is 11.8. The van der Waals surface area contributed by atoms with E-state index in [9.17, 15) is 4.79 Å². The highest BCUT2D eigenvalue weighted by atomic mass is 127. The molecule has 1 saturated heterocycles. The fourth-order valence-electron chi connectivity index (χ4n) is 3.41. The number of carbonyl (C=O) groups is 1. The monoisotopic (exact) mass is 562 g/mol. The van der Waals surface area contributed by atoms with E-state index in [0.29, 0.717) is 29.6 Å². The Labute approximate surface area is 204 Å². The Balaban J connectivity index is 0.00000341. The van der Waals surface area contributed by atoms with Crippen LogP contribution in [0.4, 0.5) is 0 Å². The molecule has 0 saturated carbocycles. The number of nitrogens with zero attached hydrogens (tertiary/aromatic N) is 2. The van der Waals surface area contributed by atoms with Gasteiger partial charge in [0.25, 0.3) is 0 Å². The number of methoxy groups -OCH3 is 1. The van der Waals surface area contributed by atoms with Crippen LogP contribution in [0.2, 0.25) is 0 Å². The quantitative estimate of drug-likeness (QED) is 0.221. The van der Waals surface area contributed by atoms with Crippen molar-refractivity contribution in [2.75, 3.05) is 46.5 Å². The van der Waals surface area contributed by atoms with Crippen LogP contribution in [0.25, 0.3) is 0 Å². The minimum absolute atomic E-state index is 0. The summed E-state index contributed by atoms with van der Waals surface area (Å²) in [5.41, 5.74) is 0.436. The van der Waals surface area contributed by atoms with Gasteiger partial charge in [-0.2, -0.15) is 0 Å². The van der Waals surface area contributed by atoms with Gasteiger partial charge >= 0.3 is 5.97 Å². The van der Waals surface area contributed by atoms with Crippen molar-refractivity contribution >= 4 is 47.2 Å². The largest absolute Gasteiger partial charge is 0.465 e. The second kappa shape index (κ2) is 13.0. The number of rotatable bonds is 8. The highest BCUT2D eigenvalue weighted by Gasteiger charge is 2.23. The number of thiophene rings is 1. The summed E-state index contributed by atoms with van der Waals surface area (Å²) < 4.78 is 16.0. The third-order valence-electron chi connectivity index (χ3n) is 4.93. The van der Waals surface area contributed by atoms with Gasteiger partial charge in [-0.25, -0.2) is 9.79 Å². The van der Waals surface area contributed by atoms with Gasteiger partial charge < -0.3 is 24.5 Å². The Hall–Kier alpha value is -1.63. The number of guanidine groups is 1. The predicted octanol–water partition coefficient (Wildman–Crippen LogP) is 3.18. The SMILES string of the molecule is CCNC(=NCc1cc(C(=O)OC)c(C)o1)NCC(c1cccs1)N1CCOCC1.I. The van der Waals surface area contributed by atoms with E-state index in [1.54, 1.807) is 24.3 Å². The summed E-state index contributed by atoms with van der Waals surface area (Å²) in [5.74, 6) is 1.46. The number of hydrogen-bond donors (Lipinski definition) is 2. The molecule has 2 aromatic rings. The van der Waals surface area contributed by atoms with E-state index in [1.807, 2.05) is 6.92 Å². The van der Waals surface area contributed by atoms with Crippen molar-refractivity contribution < 1.29 is 18.7 Å². The third kappa shape index (κ3) is 7.19. The maximum absolute atomic E-state index is 11.8. The van der Waals surface area contributed by atoms with Crippen LogP contribution < -0.4 is 10.6 Å². The summed E-state index contributed by atoms with van der Waals surface area (Å²) >= 11 is 1.77. The molecule has 1 fully saturated rings. The average molecular weight is 562 g/mol. The van der Waals surface area contributed by atoms with Crippen molar-refractivity contribution in [1.29, 1.82) is 0 Å². The molecule has 0 radical (unpaired) electrons. The minimum atomic E-state index is -0.402. The summed E-state index contributed by atoms with van der Waals surface area (Å²) in [7, 11) is 1.36. The van der Waals surface area contributed by atoms with Gasteiger partial charge in [-0.15, -0.1) is 35.3 Å². The zero-order valence-electron chi connectivity index (χ0n) is 18.2. The molecule has 1 unspecified atom stereocenters. The molecule has 31 heavy (non-hydrogen) atoms. The molecule has 0 aromatic carbocycles. The Morgan fingerprint density at radius 1 is 1.35 bits per heavy atom. The van der Waals surface area contributed by atoms with E-state index >= 15 is 0 Å². The molecule has 1 atom stereocenters. The molecule has 0 bridgehead atoms. The minimum Gasteiger partial charge on any atom is -0.465 e. The summed E-state index contributed by atoms with van der Waals surface area (Å²) in [4.78, 5) is 20.2. The van der Waals surface area contributed by atoms with Crippen LogP contribution in [-0.2, 0) is 16.0 Å². The highest BCUT2D eigenvalue weighted by Crippen LogP contribution is 2.25. The first-order valence-electron chi connectivity index (χ1n) is 10.2. The fraction of sp³-hybridized carbons (Fsp3) is 0.524. The molecule has 3 heterocycles. The smallest absolute Gasteiger partial charge is 0.341 e. The molecule has 1 aliphatic rings. The molecular formula is C21H31IN4O4S. The normalized spacial score (nSPS) is 15.8. The summed E-state index contributed by atoms with van der Waals surface area (Å²) in [6, 6.07) is 6.21. The summed E-state index contributed by atoms with van der Waals surface area (Å²) in [6.45, 7) is 8.94. The van der Waals surface area contributed by atoms with Crippen molar-refractivity contribution in [3.8, 4) is 0 Å². The predicted molar refractivity (Wildman–Crippen MR) is 132 cm³/mol. The van der Waals surface area contributed by atoms with Crippen molar-refractivity contribution in [2.45, 2.75) is 26.4 Å². The van der Waals surface area contributed by atoms with Crippen molar-refractivity contribution in [1.82, 2.24) is 15.5 Å². The van der Waals surface area contributed by atoms with Crippen LogP contribution in [0, 0.1) is 6.92 Å². The Morgan fingerprint density at radius 2 is 2.13 bits per heavy atom. The molecule has 3 rings (SSSR count). The molecular weight excluding hydrogens is 531 g/mol. The van der Waals surface area contributed by atoms with E-state index in [-0.39, 0.29) is 30.0 Å². The third-order valence-corrected chi connectivity index (χ3v) is 5.91. The summed E-state index contributed by atoms with van der Waals surface area (Å²) in [5, 5.41) is 8.85. The van der Waals surface area contributed by atoms with Gasteiger partial charge in [0.15, 0.2) is 5.96 Å². The molecule has 0 aliphatic carbocycles. The lowest BCUT2D eigenvalue weighted by molar-refractivity contribution is 0.0177. The number of aryl methyl sites for hydroxylation is 1. The Bertz CT molecular complexity index is 835. The number of carbonyl (C=O) groups excluding carboxylic acids is 1. The van der Waals surface area contributed by atoms with Gasteiger partial charge in [-0.05, 0) is 31.4 Å². The second-order valence-corrected chi connectivity index (χ2v) is 7.91. The van der Waals surface area contributed by atoms with Gasteiger partial charge in [0.05, 0.1) is 26.4 Å². The zero-order valence-corrected chi connectivity index (χ0v) is 21.3. The number of esters is 1. The molecule has 172 valence electrons. The van der Waals surface area contributed by atoms with E-state index in [0.717, 1.165) is 39.4 Å². The van der Waals surface area contributed by atoms with E-state index in [4.69, 9.17) is 13.9 Å². The molecule has 0 amide bonds. The van der Waals surface area contributed by atoms with Crippen molar-refractivity contribution in [3.05, 3.63) is 45.5 Å². The molecule has 1 aliphatic heterocycles. The number of halogens is 1. The molecule has 10 heteroatoms. The van der Waals surface area contributed by atoms with Crippen LogP contribution in [0.15, 0.2) is 33.0 Å². The number of furan rings is 1. The zero-order chi connectivity index (χ0) is 21.3. The first-order valence-corrected chi connectivity index (χ1v) is 11.0. The van der Waals surface area contributed by atoms with Crippen LogP contribution in [-0.4, -0.2) is 63.3 Å². The van der Waals surface area contributed by atoms with Crippen LogP contribution in [0.5, 0.6) is 0 Å². The van der Waals surface area contributed by atoms with Crippen LogP contribution in [0.1, 0.15) is 39.7 Å². The number of aliphatic imine (C=N–C) groups is 1. The van der Waals surface area contributed by atoms with Gasteiger partial charge in [0.1, 0.15) is 23.6 Å². The molecule has 2 aromatic heterocycles. The second-order valence-electron chi connectivity index (χ2n) is 6.93. The van der Waals surface area contributed by atoms with Gasteiger partial charge in [-0.3, -0.25) is 4.90 Å². The Kier molecular flexibility index (Phi) is 10.8. The van der Waals surface area contributed by atoms with Gasteiger partial charge in [-0.1, -0.05) is 6.07 Å². The average Bonchev–Trinajstić information content (AvgIpc) is 3.42. The van der Waals surface area contributed by atoms with Crippen LogP contribution in [0.3, 0.4) is 0 Å². The standard InChI is InChI=1S/C21H30N4O4S.HI/c1-4-22-21(23-13-16-12-17(15(2)29-16)20(26)27-3)24-14-18(19-6-5-11-30-19)25-7-9-28-10-8-25;/h5-6,11-12,18H,4,7-10,13-14H2,1-3H3,(H2,22,23,24);1H. The molecule has 8 nitrogen and oxygen atoms in total. The lowest BCUT2D eigenvalue weighted by Crippen LogP contribution is -2.46. The number of nitrogens with one attached hydrogen (secondary N) is 2. The van der Waals surface area contributed by atoms with E-state index in [1.165, 1.54) is 12.0 Å². The number of morpholine rings is 1. The van der Waals surface area contributed by atoms with Crippen molar-refractivity contribution in [3.63, 3.8) is 0 Å². The lowest BCUT2D eigenvalue weighted by Gasteiger charge is -2.34. The van der Waals surface area contributed by atoms with E-state index < -0.39 is 5.97 Å². The van der Waals surface area contributed by atoms with E-state index in [2.05, 4.69) is 38.0 Å². The number of hydrogen-bond acceptors (Lipinski definition) is 7. The van der Waals surface area contributed by atoms with Crippen LogP contribution >= 0.6 is 35.3 Å². The summed E-state index contributed by atoms with van der Waals surface area (Å²) in [6.07, 6.45) is 0. The molecule has 0 spiro atoms.